The summed E-state index contributed by atoms with van der Waals surface area (Å²) in [5.41, 5.74) is 0.451. The molecular weight excluding hydrogens is 266 g/mol. The van der Waals surface area contributed by atoms with Gasteiger partial charge in [0.2, 0.25) is 0 Å². The summed E-state index contributed by atoms with van der Waals surface area (Å²) in [6, 6.07) is 6.65. The minimum absolute atomic E-state index is 0.119. The van der Waals surface area contributed by atoms with Crippen LogP contribution in [0.1, 0.15) is 6.42 Å². The minimum atomic E-state index is -1.15. The van der Waals surface area contributed by atoms with Crippen LogP contribution >= 0.6 is 0 Å². The fourth-order valence-corrected chi connectivity index (χ4v) is 2.02. The number of carbonyl (C=O) groups is 2. The molecule has 0 fully saturated rings. The highest BCUT2D eigenvalue weighted by molar-refractivity contribution is 6.01. The van der Waals surface area contributed by atoms with Crippen molar-refractivity contribution in [1.29, 1.82) is 0 Å². The topological polar surface area (TPSA) is 107 Å². The second kappa shape index (κ2) is 5.89. The van der Waals surface area contributed by atoms with E-state index in [2.05, 4.69) is 0 Å². The molecule has 0 spiro atoms. The monoisotopic (exact) mass is 281 g/mol. The predicted octanol–water partition coefficient (Wildman–Crippen LogP) is -0.391. The molecule has 1 heterocycles. The number of amides is 1. The molecule has 1 amide bonds. The Labute approximate surface area is 115 Å². The quantitative estimate of drug-likeness (QED) is 0.678. The van der Waals surface area contributed by atoms with E-state index in [0.29, 0.717) is 11.4 Å². The molecule has 0 bridgehead atoms. The maximum Gasteiger partial charge on any atom is 0.307 e. The van der Waals surface area contributed by atoms with Gasteiger partial charge >= 0.3 is 5.97 Å². The Kier molecular flexibility index (Phi) is 4.21. The third-order valence-corrected chi connectivity index (χ3v) is 2.93. The van der Waals surface area contributed by atoms with Crippen LogP contribution in [0.3, 0.4) is 0 Å². The molecule has 20 heavy (non-hydrogen) atoms. The molecule has 0 saturated heterocycles. The number of carboxylic acids is 1. The van der Waals surface area contributed by atoms with E-state index in [9.17, 15) is 14.7 Å². The van der Waals surface area contributed by atoms with Gasteiger partial charge in [-0.2, -0.15) is 0 Å². The number of carbonyl (C=O) groups excluding carboxylic acids is 1. The number of hydrogen-bond acceptors (Lipinski definition) is 5. The number of benzene rings is 1. The van der Waals surface area contributed by atoms with Crippen molar-refractivity contribution in [2.75, 3.05) is 18.1 Å². The van der Waals surface area contributed by atoms with Crippen LogP contribution in [0.25, 0.3) is 0 Å². The predicted molar refractivity (Wildman–Crippen MR) is 68.6 cm³/mol. The van der Waals surface area contributed by atoms with E-state index in [4.69, 9.17) is 14.9 Å². The molecule has 0 aromatic heterocycles. The maximum absolute atomic E-state index is 12.2. The third kappa shape index (κ3) is 2.89. The van der Waals surface area contributed by atoms with Crippen molar-refractivity contribution in [3.05, 3.63) is 24.3 Å². The summed E-state index contributed by atoms with van der Waals surface area (Å²) in [6.45, 7) is -0.609. The Morgan fingerprint density at radius 1 is 1.40 bits per heavy atom. The zero-order chi connectivity index (χ0) is 14.7. The molecule has 1 aromatic carbocycles. The van der Waals surface area contributed by atoms with Crippen molar-refractivity contribution >= 4 is 17.6 Å². The normalized spacial score (nSPS) is 19.2. The Balaban J connectivity index is 2.31. The first-order valence-corrected chi connectivity index (χ1v) is 6.10. The van der Waals surface area contributed by atoms with Gasteiger partial charge in [0, 0.05) is 0 Å². The largest absolute Gasteiger partial charge is 0.481 e. The zero-order valence-electron chi connectivity index (χ0n) is 10.6. The van der Waals surface area contributed by atoms with Crippen molar-refractivity contribution in [3.8, 4) is 5.75 Å². The third-order valence-electron chi connectivity index (χ3n) is 2.93. The van der Waals surface area contributed by atoms with Crippen molar-refractivity contribution < 1.29 is 29.6 Å². The number of fused-ring (bicyclic) bond motifs is 1. The van der Waals surface area contributed by atoms with Gasteiger partial charge in [-0.3, -0.25) is 9.59 Å². The number of para-hydroxylation sites is 2. The van der Waals surface area contributed by atoms with E-state index >= 15 is 0 Å². The Morgan fingerprint density at radius 2 is 2.10 bits per heavy atom. The maximum atomic E-state index is 12.2. The highest BCUT2D eigenvalue weighted by Gasteiger charge is 2.36. The summed E-state index contributed by atoms with van der Waals surface area (Å²) in [7, 11) is 0. The van der Waals surface area contributed by atoms with Crippen molar-refractivity contribution in [2.24, 2.45) is 0 Å². The van der Waals surface area contributed by atoms with Crippen LogP contribution in [0.5, 0.6) is 5.75 Å². The zero-order valence-corrected chi connectivity index (χ0v) is 10.6. The van der Waals surface area contributed by atoms with E-state index in [0.717, 1.165) is 0 Å². The second-order valence-corrected chi connectivity index (χ2v) is 4.46. The summed E-state index contributed by atoms with van der Waals surface area (Å²) in [6.07, 6.45) is -2.69. The molecule has 2 unspecified atom stereocenters. The minimum Gasteiger partial charge on any atom is -0.481 e. The smallest absolute Gasteiger partial charge is 0.307 e. The molecule has 1 aliphatic rings. The van der Waals surface area contributed by atoms with Crippen LogP contribution in [0.2, 0.25) is 0 Å². The molecule has 2 atom stereocenters. The molecule has 0 saturated carbocycles. The summed E-state index contributed by atoms with van der Waals surface area (Å²) in [5, 5.41) is 27.2. The van der Waals surface area contributed by atoms with Crippen LogP contribution < -0.4 is 9.64 Å². The van der Waals surface area contributed by atoms with Gasteiger partial charge in [-0.25, -0.2) is 0 Å². The number of β-amino-alcohol motifs (C(OH)–C–C–N with tert-alkyl or cyclic N) is 1. The van der Waals surface area contributed by atoms with Crippen molar-refractivity contribution in [3.63, 3.8) is 0 Å². The number of carboxylic acid groups (broad SMARTS) is 1. The molecular formula is C13H15NO6. The van der Waals surface area contributed by atoms with Gasteiger partial charge in [0.15, 0.2) is 6.10 Å². The highest BCUT2D eigenvalue weighted by atomic mass is 16.5. The van der Waals surface area contributed by atoms with Crippen LogP contribution in [0.15, 0.2) is 24.3 Å². The summed E-state index contributed by atoms with van der Waals surface area (Å²) in [5.74, 6) is -1.31. The van der Waals surface area contributed by atoms with E-state index in [1.54, 1.807) is 24.3 Å². The molecule has 0 aliphatic carbocycles. The Morgan fingerprint density at radius 3 is 2.75 bits per heavy atom. The van der Waals surface area contributed by atoms with Gasteiger partial charge in [-0.1, -0.05) is 12.1 Å². The Hall–Kier alpha value is -2.12. The first-order valence-electron chi connectivity index (χ1n) is 6.10. The van der Waals surface area contributed by atoms with E-state index in [1.807, 2.05) is 0 Å². The molecule has 1 aromatic rings. The van der Waals surface area contributed by atoms with Crippen LogP contribution in [0, 0.1) is 0 Å². The standard InChI is InChI=1S/C13H15NO6/c15-7-8(16)6-14-9-3-1-2-4-10(9)20-11(13(14)19)5-12(17)18/h1-4,8,11,15-16H,5-7H2,(H,17,18). The average molecular weight is 281 g/mol. The molecule has 7 heteroatoms. The molecule has 108 valence electrons. The number of ether oxygens (including phenoxy) is 1. The second-order valence-electron chi connectivity index (χ2n) is 4.46. The van der Waals surface area contributed by atoms with Crippen molar-refractivity contribution in [2.45, 2.75) is 18.6 Å². The van der Waals surface area contributed by atoms with Crippen LogP contribution in [-0.2, 0) is 9.59 Å². The van der Waals surface area contributed by atoms with Gasteiger partial charge in [0.25, 0.3) is 5.91 Å². The van der Waals surface area contributed by atoms with Gasteiger partial charge in [-0.05, 0) is 12.1 Å². The number of aliphatic hydroxyl groups is 2. The fourth-order valence-electron chi connectivity index (χ4n) is 2.02. The lowest BCUT2D eigenvalue weighted by Crippen LogP contribution is -2.49. The molecule has 2 rings (SSSR count). The average Bonchev–Trinajstić information content (AvgIpc) is 2.42. The lowest BCUT2D eigenvalue weighted by Gasteiger charge is -2.34. The summed E-state index contributed by atoms with van der Waals surface area (Å²) < 4.78 is 5.38. The van der Waals surface area contributed by atoms with Gasteiger partial charge in [-0.15, -0.1) is 0 Å². The van der Waals surface area contributed by atoms with Gasteiger partial charge < -0.3 is 25.0 Å². The number of hydrogen-bond donors (Lipinski definition) is 3. The number of aliphatic carboxylic acids is 1. The molecule has 7 nitrogen and oxygen atoms in total. The van der Waals surface area contributed by atoms with Crippen LogP contribution in [0.4, 0.5) is 5.69 Å². The van der Waals surface area contributed by atoms with Crippen LogP contribution in [-0.4, -0.2) is 52.6 Å². The molecule has 0 radical (unpaired) electrons. The SMILES string of the molecule is O=C(O)CC1Oc2ccccc2N(CC(O)CO)C1=O. The first-order chi connectivity index (χ1) is 9.52. The summed E-state index contributed by atoms with van der Waals surface area (Å²) >= 11 is 0. The number of rotatable bonds is 5. The van der Waals surface area contributed by atoms with Gasteiger partial charge in [0.1, 0.15) is 5.75 Å². The van der Waals surface area contributed by atoms with E-state index < -0.39 is 37.1 Å². The Bertz CT molecular complexity index is 517. The van der Waals surface area contributed by atoms with Gasteiger partial charge in [0.05, 0.1) is 31.4 Å². The van der Waals surface area contributed by atoms with Crippen molar-refractivity contribution in [1.82, 2.24) is 0 Å². The molecule has 1 aliphatic heterocycles. The molecule has 3 N–H and O–H groups in total. The number of anilines is 1. The first kappa shape index (κ1) is 14.3. The van der Waals surface area contributed by atoms with E-state index in [-0.39, 0.29) is 6.54 Å². The number of aliphatic hydroxyl groups excluding tert-OH is 2. The fraction of sp³-hybridized carbons (Fsp3) is 0.385. The highest BCUT2D eigenvalue weighted by Crippen LogP contribution is 2.34. The number of nitrogens with zero attached hydrogens (tertiary/aromatic N) is 1. The lowest BCUT2D eigenvalue weighted by atomic mass is 10.1. The lowest BCUT2D eigenvalue weighted by molar-refractivity contribution is -0.142. The summed E-state index contributed by atoms with van der Waals surface area (Å²) in [4.78, 5) is 24.2. The van der Waals surface area contributed by atoms with E-state index in [1.165, 1.54) is 4.90 Å².